The molecule has 3 rings (SSSR count). The maximum atomic E-state index is 12.7. The zero-order valence-corrected chi connectivity index (χ0v) is 18.9. The summed E-state index contributed by atoms with van der Waals surface area (Å²) < 4.78 is 12.9. The van der Waals surface area contributed by atoms with Gasteiger partial charge in [-0.25, -0.2) is 4.98 Å². The maximum absolute atomic E-state index is 12.7. The Hall–Kier alpha value is -2.52. The molecule has 1 amide bonds. The lowest BCUT2D eigenvalue weighted by atomic mass is 10.1. The largest absolute Gasteiger partial charge is 0.493 e. The molecule has 0 aliphatic carbocycles. The number of carbonyl (C=O) groups is 1. The number of hydrogen-bond donors (Lipinski definition) is 1. The summed E-state index contributed by atoms with van der Waals surface area (Å²) >= 11 is 2.69. The van der Waals surface area contributed by atoms with Gasteiger partial charge >= 0.3 is 0 Å². The van der Waals surface area contributed by atoms with Gasteiger partial charge in [0.2, 0.25) is 5.91 Å². The third-order valence-electron chi connectivity index (χ3n) is 4.49. The van der Waals surface area contributed by atoms with Crippen molar-refractivity contribution < 1.29 is 14.3 Å². The standard InChI is InChI=1S/C21H25N3O4S2/c1-4-10-24-20(26)19-15(8-11-29-19)23-21(24)30-13-18(25)22-9-7-14-5-6-16(27-2)17(12-14)28-3/h5-6,8,11-12H,4,7,9-10,13H2,1-3H3,(H,22,25). The van der Waals surface area contributed by atoms with Gasteiger partial charge in [-0.1, -0.05) is 24.8 Å². The summed E-state index contributed by atoms with van der Waals surface area (Å²) in [6.07, 6.45) is 1.50. The zero-order chi connectivity index (χ0) is 21.5. The molecule has 0 aliphatic heterocycles. The summed E-state index contributed by atoms with van der Waals surface area (Å²) in [4.78, 5) is 29.6. The number of hydrogen-bond acceptors (Lipinski definition) is 7. The van der Waals surface area contributed by atoms with E-state index in [0.29, 0.717) is 46.4 Å². The second-order valence-corrected chi connectivity index (χ2v) is 8.42. The van der Waals surface area contributed by atoms with Crippen molar-refractivity contribution in [3.05, 3.63) is 45.6 Å². The van der Waals surface area contributed by atoms with Crippen LogP contribution in [0.3, 0.4) is 0 Å². The molecule has 0 saturated heterocycles. The molecule has 0 spiro atoms. The van der Waals surface area contributed by atoms with Gasteiger partial charge < -0.3 is 14.8 Å². The first-order valence-electron chi connectivity index (χ1n) is 9.65. The summed E-state index contributed by atoms with van der Waals surface area (Å²) in [5.74, 6) is 1.45. The van der Waals surface area contributed by atoms with Crippen LogP contribution in [0.1, 0.15) is 18.9 Å². The van der Waals surface area contributed by atoms with Crippen molar-refractivity contribution in [1.29, 1.82) is 0 Å². The number of methoxy groups -OCH3 is 2. The molecule has 0 radical (unpaired) electrons. The SMILES string of the molecule is CCCn1c(SCC(=O)NCCc2ccc(OC)c(OC)c2)nc2ccsc2c1=O. The number of aromatic nitrogens is 2. The molecule has 0 unspecified atom stereocenters. The van der Waals surface area contributed by atoms with Gasteiger partial charge in [0.05, 0.1) is 25.5 Å². The molecule has 160 valence electrons. The van der Waals surface area contributed by atoms with Gasteiger partial charge in [0.25, 0.3) is 5.56 Å². The Morgan fingerprint density at radius 3 is 2.77 bits per heavy atom. The maximum Gasteiger partial charge on any atom is 0.272 e. The predicted molar refractivity (Wildman–Crippen MR) is 121 cm³/mol. The summed E-state index contributed by atoms with van der Waals surface area (Å²) in [6.45, 7) is 3.11. The molecule has 9 heteroatoms. The number of nitrogens with one attached hydrogen (secondary N) is 1. The van der Waals surface area contributed by atoms with E-state index >= 15 is 0 Å². The van der Waals surface area contributed by atoms with Crippen molar-refractivity contribution in [2.45, 2.75) is 31.5 Å². The number of thiophene rings is 1. The number of rotatable bonds is 10. The number of amides is 1. The Labute approximate surface area is 183 Å². The number of ether oxygens (including phenoxy) is 2. The predicted octanol–water partition coefficient (Wildman–Crippen LogP) is 3.34. The van der Waals surface area contributed by atoms with Crippen LogP contribution < -0.4 is 20.3 Å². The van der Waals surface area contributed by atoms with Crippen LogP contribution in [0.2, 0.25) is 0 Å². The molecule has 0 aliphatic rings. The molecule has 7 nitrogen and oxygen atoms in total. The normalized spacial score (nSPS) is 10.9. The van der Waals surface area contributed by atoms with Gasteiger partial charge in [-0.2, -0.15) is 0 Å². The minimum Gasteiger partial charge on any atom is -0.493 e. The van der Waals surface area contributed by atoms with Crippen molar-refractivity contribution >= 4 is 39.2 Å². The topological polar surface area (TPSA) is 82.5 Å². The highest BCUT2D eigenvalue weighted by Crippen LogP contribution is 2.27. The van der Waals surface area contributed by atoms with E-state index in [1.807, 2.05) is 36.6 Å². The van der Waals surface area contributed by atoms with Crippen LogP contribution in [0, 0.1) is 0 Å². The first-order chi connectivity index (χ1) is 14.6. The summed E-state index contributed by atoms with van der Waals surface area (Å²) in [7, 11) is 3.20. The average Bonchev–Trinajstić information content (AvgIpc) is 3.23. The van der Waals surface area contributed by atoms with E-state index in [1.54, 1.807) is 18.8 Å². The number of carbonyl (C=O) groups excluding carboxylic acids is 1. The Kier molecular flexibility index (Phi) is 7.75. The highest BCUT2D eigenvalue weighted by atomic mass is 32.2. The van der Waals surface area contributed by atoms with Crippen LogP contribution in [0.25, 0.3) is 10.2 Å². The van der Waals surface area contributed by atoms with Crippen LogP contribution in [-0.2, 0) is 17.8 Å². The molecule has 3 aromatic rings. The molecular formula is C21H25N3O4S2. The monoisotopic (exact) mass is 447 g/mol. The molecule has 1 aromatic carbocycles. The van der Waals surface area contributed by atoms with E-state index in [4.69, 9.17) is 9.47 Å². The van der Waals surface area contributed by atoms with Crippen LogP contribution in [-0.4, -0.2) is 42.0 Å². The van der Waals surface area contributed by atoms with Crippen LogP contribution in [0.15, 0.2) is 39.6 Å². The lowest BCUT2D eigenvalue weighted by Crippen LogP contribution is -2.28. The molecule has 2 aromatic heterocycles. The first kappa shape index (κ1) is 22.2. The van der Waals surface area contributed by atoms with E-state index in [1.165, 1.54) is 23.1 Å². The smallest absolute Gasteiger partial charge is 0.272 e. The molecule has 30 heavy (non-hydrogen) atoms. The van der Waals surface area contributed by atoms with Gasteiger partial charge in [0.1, 0.15) is 4.70 Å². The van der Waals surface area contributed by atoms with Crippen LogP contribution in [0.4, 0.5) is 0 Å². The average molecular weight is 448 g/mol. The van der Waals surface area contributed by atoms with E-state index in [2.05, 4.69) is 10.3 Å². The summed E-state index contributed by atoms with van der Waals surface area (Å²) in [5, 5.41) is 5.37. The third-order valence-corrected chi connectivity index (χ3v) is 6.36. The second kappa shape index (κ2) is 10.5. The fourth-order valence-corrected chi connectivity index (χ4v) is 4.65. The first-order valence-corrected chi connectivity index (χ1v) is 11.5. The van der Waals surface area contributed by atoms with Crippen molar-refractivity contribution in [3.63, 3.8) is 0 Å². The fraction of sp³-hybridized carbons (Fsp3) is 0.381. The number of thioether (sulfide) groups is 1. The van der Waals surface area contributed by atoms with Gasteiger partial charge in [0, 0.05) is 13.1 Å². The van der Waals surface area contributed by atoms with E-state index in [-0.39, 0.29) is 17.2 Å². The van der Waals surface area contributed by atoms with Gasteiger partial charge in [-0.05, 0) is 42.0 Å². The zero-order valence-electron chi connectivity index (χ0n) is 17.3. The van der Waals surface area contributed by atoms with Crippen molar-refractivity contribution in [3.8, 4) is 11.5 Å². The summed E-state index contributed by atoms with van der Waals surface area (Å²) in [5.41, 5.74) is 1.70. The number of fused-ring (bicyclic) bond motifs is 1. The Bertz CT molecular complexity index is 1080. The Morgan fingerprint density at radius 2 is 2.03 bits per heavy atom. The molecule has 0 saturated carbocycles. The third kappa shape index (κ3) is 5.14. The number of nitrogens with zero attached hydrogens (tertiary/aromatic N) is 2. The Balaban J connectivity index is 1.57. The van der Waals surface area contributed by atoms with Crippen molar-refractivity contribution in [2.24, 2.45) is 0 Å². The lowest BCUT2D eigenvalue weighted by molar-refractivity contribution is -0.118. The van der Waals surface area contributed by atoms with Crippen LogP contribution >= 0.6 is 23.1 Å². The van der Waals surface area contributed by atoms with Gasteiger partial charge in [0.15, 0.2) is 16.7 Å². The van der Waals surface area contributed by atoms with Gasteiger partial charge in [-0.3, -0.25) is 14.2 Å². The molecule has 1 N–H and O–H groups in total. The van der Waals surface area contributed by atoms with Crippen molar-refractivity contribution in [1.82, 2.24) is 14.9 Å². The molecule has 0 fully saturated rings. The number of benzene rings is 1. The van der Waals surface area contributed by atoms with Crippen LogP contribution in [0.5, 0.6) is 11.5 Å². The highest BCUT2D eigenvalue weighted by Gasteiger charge is 2.14. The quantitative estimate of drug-likeness (QED) is 0.379. The fourth-order valence-electron chi connectivity index (χ4n) is 3.02. The minimum absolute atomic E-state index is 0.0341. The van der Waals surface area contributed by atoms with E-state index in [0.717, 1.165) is 12.0 Å². The minimum atomic E-state index is -0.0943. The van der Waals surface area contributed by atoms with E-state index < -0.39 is 0 Å². The molecule has 2 heterocycles. The van der Waals surface area contributed by atoms with Gasteiger partial charge in [-0.15, -0.1) is 11.3 Å². The lowest BCUT2D eigenvalue weighted by Gasteiger charge is -2.11. The molecular weight excluding hydrogens is 422 g/mol. The second-order valence-electron chi connectivity index (χ2n) is 6.56. The van der Waals surface area contributed by atoms with Crippen molar-refractivity contribution in [2.75, 3.05) is 26.5 Å². The highest BCUT2D eigenvalue weighted by molar-refractivity contribution is 7.99. The molecule has 0 atom stereocenters. The Morgan fingerprint density at radius 1 is 1.23 bits per heavy atom. The van der Waals surface area contributed by atoms with E-state index in [9.17, 15) is 9.59 Å². The summed E-state index contributed by atoms with van der Waals surface area (Å²) in [6, 6.07) is 7.55. The molecule has 0 bridgehead atoms.